The second-order valence-corrected chi connectivity index (χ2v) is 5.79. The van der Waals surface area contributed by atoms with E-state index in [0.717, 1.165) is 0 Å². The van der Waals surface area contributed by atoms with E-state index < -0.39 is 4.92 Å². The highest BCUT2D eigenvalue weighted by molar-refractivity contribution is 5.81. The highest BCUT2D eigenvalue weighted by Crippen LogP contribution is 2.28. The van der Waals surface area contributed by atoms with Gasteiger partial charge in [-0.05, 0) is 35.9 Å². The van der Waals surface area contributed by atoms with Crippen LogP contribution in [0.3, 0.4) is 0 Å². The Balaban J connectivity index is 1.69. The van der Waals surface area contributed by atoms with E-state index in [9.17, 15) is 14.5 Å². The molecule has 0 radical (unpaired) electrons. The van der Waals surface area contributed by atoms with E-state index in [1.165, 1.54) is 37.7 Å². The molecule has 0 unspecified atom stereocenters. The molecule has 1 aromatic heterocycles. The summed E-state index contributed by atoms with van der Waals surface area (Å²) in [7, 11) is 1.49. The van der Waals surface area contributed by atoms with Crippen LogP contribution in [0.25, 0.3) is 0 Å². The van der Waals surface area contributed by atoms with Crippen molar-refractivity contribution < 1.29 is 18.8 Å². The number of ether oxygens (including phenoxy) is 2. The molecular weight excluding hydrogens is 379 g/mol. The van der Waals surface area contributed by atoms with E-state index in [-0.39, 0.29) is 23.9 Å². The van der Waals surface area contributed by atoms with Gasteiger partial charge in [-0.2, -0.15) is 5.10 Å². The standard InChI is InChI=1S/C20H17FN4O4/c1-28-19-11-14(12-23-24-20-17(25(26)27)7-4-10-22-20)8-9-18(19)29-13-15-5-2-3-6-16(15)21/h2-12H,13H2,1H3,(H,22,24)/b23-12-. The molecule has 1 N–H and O–H groups in total. The van der Waals surface area contributed by atoms with E-state index in [0.29, 0.717) is 22.6 Å². The van der Waals surface area contributed by atoms with Crippen molar-refractivity contribution in [3.8, 4) is 11.5 Å². The van der Waals surface area contributed by atoms with Gasteiger partial charge in [0.15, 0.2) is 11.5 Å². The summed E-state index contributed by atoms with van der Waals surface area (Å²) in [4.78, 5) is 14.3. The van der Waals surface area contributed by atoms with Crippen LogP contribution in [0, 0.1) is 15.9 Å². The van der Waals surface area contributed by atoms with Crippen LogP contribution in [0.1, 0.15) is 11.1 Å². The third-order valence-electron chi connectivity index (χ3n) is 3.90. The first kappa shape index (κ1) is 19.7. The number of hydrogen-bond donors (Lipinski definition) is 1. The summed E-state index contributed by atoms with van der Waals surface area (Å²) in [6.45, 7) is 0.0569. The molecule has 0 spiro atoms. The third-order valence-corrected chi connectivity index (χ3v) is 3.90. The van der Waals surface area contributed by atoms with Gasteiger partial charge < -0.3 is 9.47 Å². The van der Waals surface area contributed by atoms with Crippen LogP contribution >= 0.6 is 0 Å². The van der Waals surface area contributed by atoms with Crippen molar-refractivity contribution in [1.29, 1.82) is 0 Å². The molecule has 0 saturated carbocycles. The molecule has 2 aromatic carbocycles. The quantitative estimate of drug-likeness (QED) is 0.349. The fraction of sp³-hybridized carbons (Fsp3) is 0.100. The maximum atomic E-state index is 13.7. The lowest BCUT2D eigenvalue weighted by atomic mass is 10.2. The summed E-state index contributed by atoms with van der Waals surface area (Å²) in [5, 5.41) is 15.0. The molecule has 0 amide bonds. The van der Waals surface area contributed by atoms with E-state index in [1.807, 2.05) is 0 Å². The van der Waals surface area contributed by atoms with Gasteiger partial charge in [0, 0.05) is 17.8 Å². The highest BCUT2D eigenvalue weighted by Gasteiger charge is 2.13. The first-order valence-electron chi connectivity index (χ1n) is 8.51. The minimum absolute atomic E-state index is 0.0329. The summed E-state index contributed by atoms with van der Waals surface area (Å²) in [5.41, 5.74) is 3.46. The zero-order valence-electron chi connectivity index (χ0n) is 15.4. The highest BCUT2D eigenvalue weighted by atomic mass is 19.1. The smallest absolute Gasteiger partial charge is 0.313 e. The largest absolute Gasteiger partial charge is 0.493 e. The van der Waals surface area contributed by atoms with Crippen LogP contribution in [-0.4, -0.2) is 23.2 Å². The number of halogens is 1. The van der Waals surface area contributed by atoms with Crippen LogP contribution in [0.5, 0.6) is 11.5 Å². The summed E-state index contributed by atoms with van der Waals surface area (Å²) >= 11 is 0. The zero-order chi connectivity index (χ0) is 20.6. The molecule has 3 rings (SSSR count). The number of hydrogen-bond acceptors (Lipinski definition) is 7. The molecule has 8 nitrogen and oxygen atoms in total. The lowest BCUT2D eigenvalue weighted by molar-refractivity contribution is -0.384. The van der Waals surface area contributed by atoms with Gasteiger partial charge in [0.25, 0.3) is 0 Å². The second-order valence-electron chi connectivity index (χ2n) is 5.79. The summed E-state index contributed by atoms with van der Waals surface area (Å²) < 4.78 is 24.7. The molecule has 9 heteroatoms. The van der Waals surface area contributed by atoms with Crippen molar-refractivity contribution in [2.75, 3.05) is 12.5 Å². The zero-order valence-corrected chi connectivity index (χ0v) is 15.4. The van der Waals surface area contributed by atoms with E-state index >= 15 is 0 Å². The Labute approximate surface area is 165 Å². The maximum absolute atomic E-state index is 13.7. The normalized spacial score (nSPS) is 10.7. The molecule has 0 fully saturated rings. The predicted octanol–water partition coefficient (Wildman–Crippen LogP) is 4.16. The molecule has 0 aliphatic carbocycles. The molecule has 3 aromatic rings. The van der Waals surface area contributed by atoms with E-state index in [1.54, 1.807) is 36.4 Å². The Morgan fingerprint density at radius 2 is 2.03 bits per heavy atom. The molecule has 148 valence electrons. The van der Waals surface area contributed by atoms with Crippen molar-refractivity contribution in [3.05, 3.63) is 87.9 Å². The van der Waals surface area contributed by atoms with Gasteiger partial charge in [0.05, 0.1) is 18.2 Å². The minimum Gasteiger partial charge on any atom is -0.493 e. The fourth-order valence-electron chi connectivity index (χ4n) is 2.45. The minimum atomic E-state index is -0.546. The number of rotatable bonds is 8. The van der Waals surface area contributed by atoms with Crippen molar-refractivity contribution >= 4 is 17.7 Å². The molecule has 1 heterocycles. The van der Waals surface area contributed by atoms with Gasteiger partial charge in [-0.3, -0.25) is 15.5 Å². The Kier molecular flexibility index (Phi) is 6.31. The molecular formula is C20H17FN4O4. The molecule has 0 bridgehead atoms. The molecule has 29 heavy (non-hydrogen) atoms. The number of nitrogens with one attached hydrogen (secondary N) is 1. The lowest BCUT2D eigenvalue weighted by Gasteiger charge is -2.11. The summed E-state index contributed by atoms with van der Waals surface area (Å²) in [5.74, 6) is 0.575. The maximum Gasteiger partial charge on any atom is 0.313 e. The Bertz CT molecular complexity index is 1040. The monoisotopic (exact) mass is 396 g/mol. The van der Waals surface area contributed by atoms with Crippen LogP contribution in [0.15, 0.2) is 65.9 Å². The van der Waals surface area contributed by atoms with Gasteiger partial charge >= 0.3 is 5.69 Å². The number of hydrazone groups is 1. The van der Waals surface area contributed by atoms with Gasteiger partial charge in [0.2, 0.25) is 5.82 Å². The molecule has 0 atom stereocenters. The second kappa shape index (κ2) is 9.27. The number of methoxy groups -OCH3 is 1. The molecule has 0 aliphatic heterocycles. The number of aromatic nitrogens is 1. The average Bonchev–Trinajstić information content (AvgIpc) is 2.74. The third kappa shape index (κ3) is 5.04. The molecule has 0 saturated heterocycles. The van der Waals surface area contributed by atoms with Crippen LogP contribution in [0.2, 0.25) is 0 Å². The first-order chi connectivity index (χ1) is 14.1. The van der Waals surface area contributed by atoms with Gasteiger partial charge in [-0.15, -0.1) is 0 Å². The summed E-state index contributed by atoms with van der Waals surface area (Å²) in [6, 6.07) is 14.2. The average molecular weight is 396 g/mol. The number of benzene rings is 2. The number of nitrogens with zero attached hydrogens (tertiary/aromatic N) is 3. The predicted molar refractivity (Wildman–Crippen MR) is 106 cm³/mol. The van der Waals surface area contributed by atoms with Gasteiger partial charge in [-0.1, -0.05) is 18.2 Å². The van der Waals surface area contributed by atoms with Crippen molar-refractivity contribution in [3.63, 3.8) is 0 Å². The number of anilines is 1. The van der Waals surface area contributed by atoms with Crippen molar-refractivity contribution in [2.24, 2.45) is 5.10 Å². The van der Waals surface area contributed by atoms with E-state index in [4.69, 9.17) is 9.47 Å². The van der Waals surface area contributed by atoms with E-state index in [2.05, 4.69) is 15.5 Å². The lowest BCUT2D eigenvalue weighted by Crippen LogP contribution is -2.01. The molecule has 0 aliphatic rings. The van der Waals surface area contributed by atoms with Crippen molar-refractivity contribution in [1.82, 2.24) is 4.98 Å². The Morgan fingerprint density at radius 3 is 2.79 bits per heavy atom. The number of nitro groups is 1. The topological polar surface area (TPSA) is 98.9 Å². The van der Waals surface area contributed by atoms with Crippen LogP contribution in [-0.2, 0) is 6.61 Å². The van der Waals surface area contributed by atoms with Gasteiger partial charge in [0.1, 0.15) is 12.4 Å². The first-order valence-corrected chi connectivity index (χ1v) is 8.51. The van der Waals surface area contributed by atoms with Crippen molar-refractivity contribution in [2.45, 2.75) is 6.61 Å². The Morgan fingerprint density at radius 1 is 1.21 bits per heavy atom. The van der Waals surface area contributed by atoms with Crippen LogP contribution in [0.4, 0.5) is 15.9 Å². The summed E-state index contributed by atoms with van der Waals surface area (Å²) in [6.07, 6.45) is 2.89. The SMILES string of the molecule is COc1cc(/C=N\Nc2ncccc2[N+](=O)[O-])ccc1OCc1ccccc1F. The van der Waals surface area contributed by atoms with Gasteiger partial charge in [-0.25, -0.2) is 9.37 Å². The Hall–Kier alpha value is -4.01. The fourth-order valence-corrected chi connectivity index (χ4v) is 2.45. The number of pyridine rings is 1. The van der Waals surface area contributed by atoms with Crippen LogP contribution < -0.4 is 14.9 Å².